The summed E-state index contributed by atoms with van der Waals surface area (Å²) < 4.78 is 0. The van der Waals surface area contributed by atoms with E-state index in [1.165, 1.54) is 31.2 Å². The van der Waals surface area contributed by atoms with Crippen LogP contribution in [0, 0.1) is 6.92 Å². The first kappa shape index (κ1) is 9.41. The number of hydrogen-bond acceptors (Lipinski definition) is 1. The monoisotopic (exact) mass is 201 g/mol. The van der Waals surface area contributed by atoms with Gasteiger partial charge >= 0.3 is 0 Å². The molecular formula is C14H19N. The molecule has 80 valence electrons. The second-order valence-electron chi connectivity index (χ2n) is 5.27. The molecule has 0 saturated heterocycles. The van der Waals surface area contributed by atoms with Crippen molar-refractivity contribution in [1.29, 1.82) is 0 Å². The summed E-state index contributed by atoms with van der Waals surface area (Å²) in [6.45, 7) is 2.19. The fraction of sp³-hybridized carbons (Fsp3) is 0.571. The highest BCUT2D eigenvalue weighted by Gasteiger charge is 2.46. The molecule has 0 aromatic heterocycles. The minimum atomic E-state index is 0.552. The third-order valence-corrected chi connectivity index (χ3v) is 4.41. The quantitative estimate of drug-likeness (QED) is 0.736. The van der Waals surface area contributed by atoms with Crippen LogP contribution in [0.3, 0.4) is 0 Å². The van der Waals surface area contributed by atoms with Gasteiger partial charge in [-0.05, 0) is 49.8 Å². The largest absolute Gasteiger partial charge is 0.313 e. The van der Waals surface area contributed by atoms with Gasteiger partial charge in [-0.3, -0.25) is 0 Å². The third kappa shape index (κ3) is 1.19. The van der Waals surface area contributed by atoms with Gasteiger partial charge in [0.15, 0.2) is 0 Å². The molecule has 1 saturated carbocycles. The number of nitrogens with one attached hydrogen (secondary N) is 1. The van der Waals surface area contributed by atoms with Crippen molar-refractivity contribution in [1.82, 2.24) is 5.32 Å². The van der Waals surface area contributed by atoms with E-state index in [1.807, 2.05) is 0 Å². The maximum atomic E-state index is 3.47. The van der Waals surface area contributed by atoms with E-state index < -0.39 is 0 Å². The maximum Gasteiger partial charge on any atom is 0.0329 e. The van der Waals surface area contributed by atoms with Crippen molar-refractivity contribution < 1.29 is 0 Å². The zero-order valence-electron chi connectivity index (χ0n) is 9.64. The first-order chi connectivity index (χ1) is 7.25. The minimum Gasteiger partial charge on any atom is -0.313 e. The zero-order valence-corrected chi connectivity index (χ0v) is 9.64. The van der Waals surface area contributed by atoms with Crippen LogP contribution >= 0.6 is 0 Å². The van der Waals surface area contributed by atoms with Gasteiger partial charge in [0.25, 0.3) is 0 Å². The van der Waals surface area contributed by atoms with Gasteiger partial charge < -0.3 is 5.32 Å². The Balaban J connectivity index is 2.10. The molecule has 1 spiro atoms. The van der Waals surface area contributed by atoms with Crippen molar-refractivity contribution >= 4 is 0 Å². The van der Waals surface area contributed by atoms with Gasteiger partial charge in [-0.2, -0.15) is 0 Å². The molecular weight excluding hydrogens is 182 g/mol. The van der Waals surface area contributed by atoms with E-state index in [4.69, 9.17) is 0 Å². The Kier molecular flexibility index (Phi) is 1.93. The van der Waals surface area contributed by atoms with E-state index in [2.05, 4.69) is 37.5 Å². The normalized spacial score (nSPS) is 26.4. The molecule has 1 N–H and O–H groups in total. The molecule has 1 aromatic rings. The number of benzene rings is 1. The lowest BCUT2D eigenvalue weighted by molar-refractivity contribution is 0.227. The molecule has 2 aliphatic carbocycles. The molecule has 0 radical (unpaired) electrons. The molecule has 0 bridgehead atoms. The smallest absolute Gasteiger partial charge is 0.0329 e. The van der Waals surface area contributed by atoms with E-state index in [0.717, 1.165) is 0 Å². The van der Waals surface area contributed by atoms with Gasteiger partial charge in [-0.25, -0.2) is 0 Å². The fourth-order valence-electron chi connectivity index (χ4n) is 3.40. The Hall–Kier alpha value is -0.820. The van der Waals surface area contributed by atoms with Crippen molar-refractivity contribution in [2.75, 3.05) is 7.05 Å². The highest BCUT2D eigenvalue weighted by molar-refractivity contribution is 5.45. The van der Waals surface area contributed by atoms with Gasteiger partial charge in [0.05, 0.1) is 0 Å². The predicted octanol–water partition coefficient (Wildman–Crippen LogP) is 3.08. The average molecular weight is 201 g/mol. The summed E-state index contributed by atoms with van der Waals surface area (Å²) in [5, 5.41) is 3.47. The number of hydrogen-bond donors (Lipinski definition) is 1. The van der Waals surface area contributed by atoms with Gasteiger partial charge in [0, 0.05) is 6.04 Å². The van der Waals surface area contributed by atoms with Crippen LogP contribution in [-0.2, 0) is 5.41 Å². The molecule has 1 unspecified atom stereocenters. The van der Waals surface area contributed by atoms with Crippen LogP contribution in [0.2, 0.25) is 0 Å². The van der Waals surface area contributed by atoms with E-state index in [9.17, 15) is 0 Å². The van der Waals surface area contributed by atoms with Crippen LogP contribution in [0.4, 0.5) is 0 Å². The summed E-state index contributed by atoms with van der Waals surface area (Å²) in [4.78, 5) is 0. The molecule has 0 aliphatic heterocycles. The zero-order chi connectivity index (χ0) is 10.5. The van der Waals surface area contributed by atoms with Crippen LogP contribution in [0.15, 0.2) is 18.2 Å². The highest BCUT2D eigenvalue weighted by Crippen LogP contribution is 2.55. The van der Waals surface area contributed by atoms with Gasteiger partial charge in [-0.1, -0.05) is 30.2 Å². The summed E-state index contributed by atoms with van der Waals surface area (Å²) in [6.07, 6.45) is 5.55. The first-order valence-electron chi connectivity index (χ1n) is 6.03. The van der Waals surface area contributed by atoms with Gasteiger partial charge in [0.2, 0.25) is 0 Å². The lowest BCUT2D eigenvalue weighted by Gasteiger charge is -2.39. The predicted molar refractivity (Wildman–Crippen MR) is 63.1 cm³/mol. The first-order valence-corrected chi connectivity index (χ1v) is 6.03. The van der Waals surface area contributed by atoms with Crippen LogP contribution < -0.4 is 5.32 Å². The highest BCUT2D eigenvalue weighted by atomic mass is 14.9. The molecule has 2 aliphatic rings. The molecule has 15 heavy (non-hydrogen) atoms. The third-order valence-electron chi connectivity index (χ3n) is 4.41. The molecule has 1 nitrogen and oxygen atoms in total. The van der Waals surface area contributed by atoms with E-state index >= 15 is 0 Å². The summed E-state index contributed by atoms with van der Waals surface area (Å²) in [6, 6.07) is 7.63. The summed E-state index contributed by atoms with van der Waals surface area (Å²) in [5.41, 5.74) is 5.15. The SMILES string of the molecule is CNC1CC2(CCC2)c2ccc(C)cc21. The Bertz CT molecular complexity index is 390. The number of fused-ring (bicyclic) bond motifs is 2. The van der Waals surface area contributed by atoms with E-state index in [1.54, 1.807) is 11.1 Å². The van der Waals surface area contributed by atoms with Crippen molar-refractivity contribution in [3.05, 3.63) is 34.9 Å². The second-order valence-corrected chi connectivity index (χ2v) is 5.27. The van der Waals surface area contributed by atoms with E-state index in [0.29, 0.717) is 11.5 Å². The van der Waals surface area contributed by atoms with Crippen LogP contribution in [0.1, 0.15) is 48.4 Å². The van der Waals surface area contributed by atoms with Crippen molar-refractivity contribution in [2.24, 2.45) is 0 Å². The molecule has 0 heterocycles. The molecule has 0 amide bonds. The summed E-state index contributed by atoms with van der Waals surface area (Å²) in [5.74, 6) is 0. The Labute approximate surface area is 91.9 Å². The Morgan fingerprint density at radius 1 is 1.33 bits per heavy atom. The van der Waals surface area contributed by atoms with Crippen LogP contribution in [-0.4, -0.2) is 7.05 Å². The standard InChI is InChI=1S/C14H19N/c1-10-4-5-12-11(8-10)13(15-2)9-14(12)6-3-7-14/h4-5,8,13,15H,3,6-7,9H2,1-2H3. The molecule has 3 rings (SSSR count). The number of aryl methyl sites for hydroxylation is 1. The number of rotatable bonds is 1. The van der Waals surface area contributed by atoms with E-state index in [-0.39, 0.29) is 0 Å². The average Bonchev–Trinajstić information content (AvgIpc) is 2.51. The van der Waals surface area contributed by atoms with Crippen LogP contribution in [0.25, 0.3) is 0 Å². The maximum absolute atomic E-state index is 3.47. The van der Waals surface area contributed by atoms with Crippen LogP contribution in [0.5, 0.6) is 0 Å². The molecule has 1 aromatic carbocycles. The van der Waals surface area contributed by atoms with Gasteiger partial charge in [-0.15, -0.1) is 0 Å². The Morgan fingerprint density at radius 3 is 2.73 bits per heavy atom. The molecule has 1 atom stereocenters. The lowest BCUT2D eigenvalue weighted by atomic mass is 9.65. The summed E-state index contributed by atoms with van der Waals surface area (Å²) >= 11 is 0. The van der Waals surface area contributed by atoms with Crippen molar-refractivity contribution in [3.8, 4) is 0 Å². The fourth-order valence-corrected chi connectivity index (χ4v) is 3.40. The molecule has 1 fully saturated rings. The Morgan fingerprint density at radius 2 is 2.13 bits per heavy atom. The summed E-state index contributed by atoms with van der Waals surface area (Å²) in [7, 11) is 2.09. The van der Waals surface area contributed by atoms with Crippen molar-refractivity contribution in [3.63, 3.8) is 0 Å². The topological polar surface area (TPSA) is 12.0 Å². The minimum absolute atomic E-state index is 0.552. The lowest BCUT2D eigenvalue weighted by Crippen LogP contribution is -2.32. The van der Waals surface area contributed by atoms with Crippen molar-refractivity contribution in [2.45, 2.75) is 44.1 Å². The molecule has 1 heteroatoms. The van der Waals surface area contributed by atoms with Gasteiger partial charge in [0.1, 0.15) is 0 Å². The second kappa shape index (κ2) is 3.08.